The van der Waals surface area contributed by atoms with Crippen LogP contribution in [0.3, 0.4) is 0 Å². The molecule has 0 unspecified atom stereocenters. The highest BCUT2D eigenvalue weighted by atomic mass is 35.5. The first-order valence-corrected chi connectivity index (χ1v) is 6.95. The smallest absolute Gasteiger partial charge is 0.0645 e. The molecule has 0 amide bonds. The van der Waals surface area contributed by atoms with Crippen LogP contribution in [-0.2, 0) is 6.42 Å². The summed E-state index contributed by atoms with van der Waals surface area (Å²) in [6.07, 6.45) is 0.859. The zero-order valence-electron chi connectivity index (χ0n) is 11.1. The fraction of sp³-hybridized carbons (Fsp3) is 0.250. The maximum atomic E-state index is 6.41. The minimum atomic E-state index is 0.645. The van der Waals surface area contributed by atoms with Gasteiger partial charge in [0.05, 0.1) is 10.7 Å². The molecule has 0 saturated carbocycles. The van der Waals surface area contributed by atoms with Gasteiger partial charge in [-0.1, -0.05) is 35.9 Å². The molecule has 2 aromatic carbocycles. The number of hydrogen-bond acceptors (Lipinski definition) is 2. The van der Waals surface area contributed by atoms with E-state index in [2.05, 4.69) is 36.1 Å². The van der Waals surface area contributed by atoms with Crippen LogP contribution in [0.1, 0.15) is 12.5 Å². The molecule has 0 atom stereocenters. The number of nitrogens with zero attached hydrogens (tertiary/aromatic N) is 1. The summed E-state index contributed by atoms with van der Waals surface area (Å²) in [5.74, 6) is 0. The van der Waals surface area contributed by atoms with Gasteiger partial charge in [-0.25, -0.2) is 0 Å². The summed E-state index contributed by atoms with van der Waals surface area (Å²) in [5, 5.41) is 0.775. The molecule has 0 aliphatic carbocycles. The lowest BCUT2D eigenvalue weighted by Gasteiger charge is -2.24. The second-order valence-corrected chi connectivity index (χ2v) is 4.81. The summed E-state index contributed by atoms with van der Waals surface area (Å²) >= 11 is 6.41. The van der Waals surface area contributed by atoms with Crippen LogP contribution in [0.25, 0.3) is 0 Å². The predicted octanol–water partition coefficient (Wildman–Crippen LogP) is 4.00. The molecule has 2 N–H and O–H groups in total. The molecule has 2 rings (SSSR count). The summed E-state index contributed by atoms with van der Waals surface area (Å²) in [4.78, 5) is 2.20. The quantitative estimate of drug-likeness (QED) is 0.893. The van der Waals surface area contributed by atoms with E-state index in [0.29, 0.717) is 6.54 Å². The maximum absolute atomic E-state index is 6.41. The van der Waals surface area contributed by atoms with Gasteiger partial charge in [-0.15, -0.1) is 0 Å². The molecule has 19 heavy (non-hydrogen) atoms. The van der Waals surface area contributed by atoms with Gasteiger partial charge in [0.2, 0.25) is 0 Å². The highest BCUT2D eigenvalue weighted by Crippen LogP contribution is 2.32. The zero-order chi connectivity index (χ0) is 13.7. The Morgan fingerprint density at radius 3 is 2.42 bits per heavy atom. The molecule has 0 saturated heterocycles. The number of anilines is 2. The standard InChI is InChI=1S/C16H19ClN2/c1-2-19(14-6-4-3-5-7-14)16-9-8-13(10-11-18)12-15(16)17/h3-9,12H,2,10-11,18H2,1H3. The first kappa shape index (κ1) is 13.9. The third-order valence-corrected chi connectivity index (χ3v) is 3.42. The van der Waals surface area contributed by atoms with E-state index in [0.717, 1.165) is 29.4 Å². The van der Waals surface area contributed by atoms with Crippen LogP contribution in [0.4, 0.5) is 11.4 Å². The van der Waals surface area contributed by atoms with Crippen molar-refractivity contribution in [1.29, 1.82) is 0 Å². The Labute approximate surface area is 119 Å². The molecule has 0 aromatic heterocycles. The van der Waals surface area contributed by atoms with Crippen molar-refractivity contribution in [3.8, 4) is 0 Å². The topological polar surface area (TPSA) is 29.3 Å². The van der Waals surface area contributed by atoms with Crippen LogP contribution in [0, 0.1) is 0 Å². The fourth-order valence-electron chi connectivity index (χ4n) is 2.19. The zero-order valence-corrected chi connectivity index (χ0v) is 11.9. The molecule has 0 radical (unpaired) electrons. The highest BCUT2D eigenvalue weighted by molar-refractivity contribution is 6.33. The second kappa shape index (κ2) is 6.60. The van der Waals surface area contributed by atoms with Crippen molar-refractivity contribution in [2.24, 2.45) is 5.73 Å². The summed E-state index contributed by atoms with van der Waals surface area (Å²) in [6, 6.07) is 16.5. The minimum absolute atomic E-state index is 0.645. The number of benzene rings is 2. The third kappa shape index (κ3) is 3.28. The number of para-hydroxylation sites is 1. The Balaban J connectivity index is 2.34. The van der Waals surface area contributed by atoms with Gasteiger partial charge in [-0.2, -0.15) is 0 Å². The molecule has 0 bridgehead atoms. The van der Waals surface area contributed by atoms with Crippen molar-refractivity contribution in [2.75, 3.05) is 18.0 Å². The van der Waals surface area contributed by atoms with Crippen LogP contribution in [0.2, 0.25) is 5.02 Å². The van der Waals surface area contributed by atoms with Crippen molar-refractivity contribution in [3.05, 3.63) is 59.1 Å². The van der Waals surface area contributed by atoms with Crippen molar-refractivity contribution in [2.45, 2.75) is 13.3 Å². The van der Waals surface area contributed by atoms with Gasteiger partial charge < -0.3 is 10.6 Å². The van der Waals surface area contributed by atoms with E-state index in [4.69, 9.17) is 17.3 Å². The Kier molecular flexibility index (Phi) is 4.83. The Morgan fingerprint density at radius 2 is 1.84 bits per heavy atom. The van der Waals surface area contributed by atoms with Crippen LogP contribution < -0.4 is 10.6 Å². The van der Waals surface area contributed by atoms with E-state index < -0.39 is 0 Å². The molecule has 0 aliphatic rings. The lowest BCUT2D eigenvalue weighted by atomic mass is 10.1. The van der Waals surface area contributed by atoms with E-state index >= 15 is 0 Å². The highest BCUT2D eigenvalue weighted by Gasteiger charge is 2.10. The average Bonchev–Trinajstić information content (AvgIpc) is 2.43. The number of nitrogens with two attached hydrogens (primary N) is 1. The Bertz CT molecular complexity index is 526. The Hall–Kier alpha value is -1.51. The van der Waals surface area contributed by atoms with Gasteiger partial charge in [0.15, 0.2) is 0 Å². The summed E-state index contributed by atoms with van der Waals surface area (Å²) in [6.45, 7) is 3.64. The predicted molar refractivity (Wildman–Crippen MR) is 83.3 cm³/mol. The third-order valence-electron chi connectivity index (χ3n) is 3.12. The summed E-state index contributed by atoms with van der Waals surface area (Å²) in [5.41, 5.74) is 8.94. The number of halogens is 1. The number of hydrogen-bond donors (Lipinski definition) is 1. The molecule has 3 heteroatoms. The average molecular weight is 275 g/mol. The first-order valence-electron chi connectivity index (χ1n) is 6.57. The van der Waals surface area contributed by atoms with E-state index in [1.165, 1.54) is 5.56 Å². The van der Waals surface area contributed by atoms with Crippen LogP contribution in [0.15, 0.2) is 48.5 Å². The number of rotatable bonds is 5. The van der Waals surface area contributed by atoms with E-state index in [1.54, 1.807) is 0 Å². The van der Waals surface area contributed by atoms with Gasteiger partial charge in [0.25, 0.3) is 0 Å². The molecule has 0 aliphatic heterocycles. The van der Waals surface area contributed by atoms with Crippen LogP contribution in [0.5, 0.6) is 0 Å². The first-order chi connectivity index (χ1) is 9.26. The SMILES string of the molecule is CCN(c1ccccc1)c1ccc(CCN)cc1Cl. The molecule has 2 nitrogen and oxygen atoms in total. The minimum Gasteiger partial charge on any atom is -0.341 e. The molecule has 2 aromatic rings. The summed E-state index contributed by atoms with van der Waals surface area (Å²) < 4.78 is 0. The fourth-order valence-corrected chi connectivity index (χ4v) is 2.50. The van der Waals surface area contributed by atoms with Gasteiger partial charge in [0, 0.05) is 12.2 Å². The van der Waals surface area contributed by atoms with E-state index in [1.807, 2.05) is 24.3 Å². The van der Waals surface area contributed by atoms with Crippen molar-refractivity contribution >= 4 is 23.0 Å². The Morgan fingerprint density at radius 1 is 1.11 bits per heavy atom. The molecule has 100 valence electrons. The van der Waals surface area contributed by atoms with Crippen LogP contribution >= 0.6 is 11.6 Å². The second-order valence-electron chi connectivity index (χ2n) is 4.40. The molecular weight excluding hydrogens is 256 g/mol. The monoisotopic (exact) mass is 274 g/mol. The lowest BCUT2D eigenvalue weighted by Crippen LogP contribution is -2.16. The van der Waals surface area contributed by atoms with Crippen molar-refractivity contribution in [3.63, 3.8) is 0 Å². The van der Waals surface area contributed by atoms with Gasteiger partial charge >= 0.3 is 0 Å². The van der Waals surface area contributed by atoms with Crippen molar-refractivity contribution in [1.82, 2.24) is 0 Å². The van der Waals surface area contributed by atoms with Gasteiger partial charge in [-0.3, -0.25) is 0 Å². The normalized spacial score (nSPS) is 10.5. The summed E-state index contributed by atoms with van der Waals surface area (Å²) in [7, 11) is 0. The molecule has 0 heterocycles. The van der Waals surface area contributed by atoms with Gasteiger partial charge in [-0.05, 0) is 49.7 Å². The van der Waals surface area contributed by atoms with Gasteiger partial charge in [0.1, 0.15) is 0 Å². The maximum Gasteiger partial charge on any atom is 0.0645 e. The molecule has 0 fully saturated rings. The van der Waals surface area contributed by atoms with E-state index in [9.17, 15) is 0 Å². The van der Waals surface area contributed by atoms with E-state index in [-0.39, 0.29) is 0 Å². The van der Waals surface area contributed by atoms with Crippen LogP contribution in [-0.4, -0.2) is 13.1 Å². The molecular formula is C16H19ClN2. The molecule has 0 spiro atoms. The van der Waals surface area contributed by atoms with Crippen molar-refractivity contribution < 1.29 is 0 Å². The lowest BCUT2D eigenvalue weighted by molar-refractivity contribution is 0.965. The largest absolute Gasteiger partial charge is 0.341 e.